The van der Waals surface area contributed by atoms with E-state index in [1.165, 1.54) is 12.1 Å². The minimum atomic E-state index is -0.370. The van der Waals surface area contributed by atoms with Crippen LogP contribution in [0.1, 0.15) is 34.2 Å². The Kier molecular flexibility index (Phi) is 6.46. The van der Waals surface area contributed by atoms with Gasteiger partial charge in [0.2, 0.25) is 11.8 Å². The Hall–Kier alpha value is -4.13. The van der Waals surface area contributed by atoms with Crippen molar-refractivity contribution in [3.8, 4) is 23.0 Å². The van der Waals surface area contributed by atoms with Gasteiger partial charge in [-0.25, -0.2) is 9.37 Å². The van der Waals surface area contributed by atoms with Crippen LogP contribution in [-0.2, 0) is 17.6 Å². The maximum Gasteiger partial charge on any atom is 0.229 e. The summed E-state index contributed by atoms with van der Waals surface area (Å²) in [5.41, 5.74) is 4.22. The number of methoxy groups -OCH3 is 2. The van der Waals surface area contributed by atoms with Gasteiger partial charge in [0.25, 0.3) is 0 Å². The van der Waals surface area contributed by atoms with Crippen LogP contribution in [0.3, 0.4) is 0 Å². The summed E-state index contributed by atoms with van der Waals surface area (Å²) >= 11 is 0. The monoisotopic (exact) mass is 486 g/mol. The molecule has 1 aliphatic rings. The third-order valence-electron chi connectivity index (χ3n) is 6.59. The minimum absolute atomic E-state index is 0.0634. The normalized spacial score (nSPS) is 14.9. The average molecular weight is 487 g/mol. The summed E-state index contributed by atoms with van der Waals surface area (Å²) in [4.78, 5) is 20.1. The number of hydrogen-bond donors (Lipinski definition) is 0. The molecule has 0 aliphatic carbocycles. The van der Waals surface area contributed by atoms with Crippen LogP contribution in [0.25, 0.3) is 11.5 Å². The first-order chi connectivity index (χ1) is 17.5. The van der Waals surface area contributed by atoms with E-state index in [1.807, 2.05) is 47.4 Å². The van der Waals surface area contributed by atoms with E-state index >= 15 is 0 Å². The molecule has 4 aromatic rings. The predicted octanol–water partition coefficient (Wildman–Crippen LogP) is 5.52. The van der Waals surface area contributed by atoms with E-state index in [4.69, 9.17) is 13.9 Å². The lowest BCUT2D eigenvalue weighted by Crippen LogP contribution is -2.41. The summed E-state index contributed by atoms with van der Waals surface area (Å²) < 4.78 is 30.6. The van der Waals surface area contributed by atoms with Crippen molar-refractivity contribution in [2.75, 3.05) is 20.8 Å². The first-order valence-electron chi connectivity index (χ1n) is 11.8. The Morgan fingerprint density at radius 3 is 2.53 bits per heavy atom. The Morgan fingerprint density at radius 2 is 1.81 bits per heavy atom. The molecule has 0 saturated heterocycles. The van der Waals surface area contributed by atoms with Crippen LogP contribution in [-0.4, -0.2) is 36.6 Å². The summed E-state index contributed by atoms with van der Waals surface area (Å²) in [7, 11) is 3.23. The topological polar surface area (TPSA) is 64.8 Å². The van der Waals surface area contributed by atoms with Crippen LogP contribution in [0.15, 0.2) is 71.1 Å². The highest BCUT2D eigenvalue weighted by Crippen LogP contribution is 2.41. The third-order valence-corrected chi connectivity index (χ3v) is 6.59. The van der Waals surface area contributed by atoms with Crippen LogP contribution in [0, 0.1) is 12.7 Å². The lowest BCUT2D eigenvalue weighted by atomic mass is 9.87. The molecule has 1 amide bonds. The van der Waals surface area contributed by atoms with Gasteiger partial charge in [-0.1, -0.05) is 36.4 Å². The molecule has 1 aromatic heterocycles. The van der Waals surface area contributed by atoms with Crippen LogP contribution in [0.5, 0.6) is 11.5 Å². The summed E-state index contributed by atoms with van der Waals surface area (Å²) in [6.07, 6.45) is 0.772. The maximum absolute atomic E-state index is 13.7. The van der Waals surface area contributed by atoms with E-state index in [-0.39, 0.29) is 24.2 Å². The minimum Gasteiger partial charge on any atom is -0.493 e. The lowest BCUT2D eigenvalue weighted by Gasteiger charge is -2.38. The molecule has 0 unspecified atom stereocenters. The molecular weight excluding hydrogens is 459 g/mol. The molecule has 7 heteroatoms. The van der Waals surface area contributed by atoms with Gasteiger partial charge < -0.3 is 18.8 Å². The molecule has 36 heavy (non-hydrogen) atoms. The molecule has 0 N–H and O–H groups in total. The molecule has 0 spiro atoms. The maximum atomic E-state index is 13.7. The number of amides is 1. The van der Waals surface area contributed by atoms with Crippen molar-refractivity contribution < 1.29 is 23.1 Å². The van der Waals surface area contributed by atoms with E-state index in [9.17, 15) is 9.18 Å². The molecule has 1 aliphatic heterocycles. The first-order valence-corrected chi connectivity index (χ1v) is 11.8. The second kappa shape index (κ2) is 9.85. The molecule has 0 fully saturated rings. The van der Waals surface area contributed by atoms with E-state index < -0.39 is 0 Å². The number of nitrogens with zero attached hydrogens (tertiary/aromatic N) is 2. The van der Waals surface area contributed by atoms with Gasteiger partial charge in [-0.15, -0.1) is 0 Å². The largest absolute Gasteiger partial charge is 0.493 e. The van der Waals surface area contributed by atoms with Crippen molar-refractivity contribution in [2.45, 2.75) is 25.8 Å². The first kappa shape index (κ1) is 23.6. The Morgan fingerprint density at radius 1 is 1.06 bits per heavy atom. The summed E-state index contributed by atoms with van der Waals surface area (Å²) in [5, 5.41) is 0. The standard InChI is InChI=1S/C29H27FN2O4/c1-18-24(31-29(36-18)21-10-7-11-22(30)14-21)17-27(33)32-13-12-20-15-25(34-2)26(35-3)16-23(20)28(32)19-8-5-4-6-9-19/h4-11,14-16,28H,12-13,17H2,1-3H3/t28-/m1/s1. The van der Waals surface area contributed by atoms with Crippen molar-refractivity contribution in [2.24, 2.45) is 0 Å². The summed E-state index contributed by atoms with van der Waals surface area (Å²) in [5.74, 6) is 1.71. The highest BCUT2D eigenvalue weighted by Gasteiger charge is 2.34. The molecule has 1 atom stereocenters. The van der Waals surface area contributed by atoms with Gasteiger partial charge in [0.05, 0.1) is 32.4 Å². The number of hydrogen-bond acceptors (Lipinski definition) is 5. The number of rotatable bonds is 6. The molecule has 0 bridgehead atoms. The smallest absolute Gasteiger partial charge is 0.229 e. The van der Waals surface area contributed by atoms with Crippen molar-refractivity contribution in [3.63, 3.8) is 0 Å². The second-order valence-electron chi connectivity index (χ2n) is 8.77. The van der Waals surface area contributed by atoms with Gasteiger partial charge in [0.15, 0.2) is 11.5 Å². The summed E-state index contributed by atoms with van der Waals surface area (Å²) in [6, 6.07) is 19.7. The zero-order chi connectivity index (χ0) is 25.2. The van der Waals surface area contributed by atoms with Crippen LogP contribution >= 0.6 is 0 Å². The van der Waals surface area contributed by atoms with E-state index in [0.29, 0.717) is 47.4 Å². The number of oxazole rings is 1. The summed E-state index contributed by atoms with van der Waals surface area (Å²) in [6.45, 7) is 2.32. The number of carbonyl (C=O) groups excluding carboxylic acids is 1. The number of aryl methyl sites for hydroxylation is 1. The van der Waals surface area contributed by atoms with Gasteiger partial charge in [0, 0.05) is 12.1 Å². The van der Waals surface area contributed by atoms with Gasteiger partial charge >= 0.3 is 0 Å². The number of fused-ring (bicyclic) bond motifs is 1. The van der Waals surface area contributed by atoms with Gasteiger partial charge in [-0.3, -0.25) is 4.79 Å². The number of halogens is 1. The van der Waals surface area contributed by atoms with Gasteiger partial charge in [0.1, 0.15) is 11.6 Å². The zero-order valence-corrected chi connectivity index (χ0v) is 20.5. The molecule has 6 nitrogen and oxygen atoms in total. The van der Waals surface area contributed by atoms with E-state index in [1.54, 1.807) is 33.3 Å². The molecule has 3 aromatic carbocycles. The molecule has 5 rings (SSSR count). The molecular formula is C29H27FN2O4. The average Bonchev–Trinajstić information content (AvgIpc) is 3.27. The number of ether oxygens (including phenoxy) is 2. The third kappa shape index (κ3) is 4.44. The van der Waals surface area contributed by atoms with Crippen LogP contribution < -0.4 is 9.47 Å². The van der Waals surface area contributed by atoms with Crippen molar-refractivity contribution in [1.82, 2.24) is 9.88 Å². The number of benzene rings is 3. The van der Waals surface area contributed by atoms with Crippen molar-refractivity contribution in [1.29, 1.82) is 0 Å². The Balaban J connectivity index is 1.49. The molecule has 2 heterocycles. The molecule has 0 radical (unpaired) electrons. The van der Waals surface area contributed by atoms with Crippen LogP contribution in [0.2, 0.25) is 0 Å². The second-order valence-corrected chi connectivity index (χ2v) is 8.77. The molecule has 184 valence electrons. The van der Waals surface area contributed by atoms with Gasteiger partial charge in [-0.2, -0.15) is 0 Å². The van der Waals surface area contributed by atoms with Crippen molar-refractivity contribution >= 4 is 5.91 Å². The highest BCUT2D eigenvalue weighted by atomic mass is 19.1. The quantitative estimate of drug-likeness (QED) is 0.359. The molecule has 0 saturated carbocycles. The fraction of sp³-hybridized carbons (Fsp3) is 0.241. The van der Waals surface area contributed by atoms with Gasteiger partial charge in [-0.05, 0) is 60.4 Å². The van der Waals surface area contributed by atoms with E-state index in [0.717, 1.165) is 16.7 Å². The predicted molar refractivity (Wildman–Crippen MR) is 134 cm³/mol. The van der Waals surface area contributed by atoms with Crippen LogP contribution in [0.4, 0.5) is 4.39 Å². The zero-order valence-electron chi connectivity index (χ0n) is 20.5. The SMILES string of the molecule is COc1cc2c(cc1OC)[C@@H](c1ccccc1)N(C(=O)Cc1nc(-c3cccc(F)c3)oc1C)CC2. The fourth-order valence-corrected chi connectivity index (χ4v) is 4.79. The highest BCUT2D eigenvalue weighted by molar-refractivity contribution is 5.80. The van der Waals surface area contributed by atoms with Crippen molar-refractivity contribution in [3.05, 3.63) is 101 Å². The van der Waals surface area contributed by atoms with E-state index in [2.05, 4.69) is 4.98 Å². The fourth-order valence-electron chi connectivity index (χ4n) is 4.79. The number of aromatic nitrogens is 1. The lowest BCUT2D eigenvalue weighted by molar-refractivity contribution is -0.132. The Labute approximate surface area is 209 Å². The Bertz CT molecular complexity index is 1400. The number of carbonyl (C=O) groups is 1.